The number of pyridine rings is 1. The van der Waals surface area contributed by atoms with Crippen LogP contribution in [0.3, 0.4) is 0 Å². The average molecular weight is 271 g/mol. The molecule has 5 heteroatoms. The molecule has 1 aromatic heterocycles. The van der Waals surface area contributed by atoms with Crippen LogP contribution in [0, 0.1) is 18.3 Å². The molecule has 96 valence electrons. The molecule has 0 aliphatic rings. The van der Waals surface area contributed by atoms with E-state index >= 15 is 0 Å². The molecule has 4 nitrogen and oxygen atoms in total. The fourth-order valence-electron chi connectivity index (χ4n) is 1.73. The van der Waals surface area contributed by atoms with Crippen LogP contribution in [-0.2, 0) is 16.6 Å². The zero-order valence-corrected chi connectivity index (χ0v) is 11.3. The van der Waals surface area contributed by atoms with Crippen molar-refractivity contribution in [2.24, 2.45) is 0 Å². The van der Waals surface area contributed by atoms with E-state index in [2.05, 4.69) is 4.98 Å². The van der Waals surface area contributed by atoms with Gasteiger partial charge in [-0.25, -0.2) is 4.98 Å². The van der Waals surface area contributed by atoms with E-state index in [4.69, 9.17) is 11.0 Å². The van der Waals surface area contributed by atoms with E-state index in [0.717, 1.165) is 11.1 Å². The lowest BCUT2D eigenvalue weighted by Gasteiger charge is -2.07. The number of nitrogens with two attached hydrogens (primary N) is 1. The van der Waals surface area contributed by atoms with Crippen LogP contribution in [0.5, 0.6) is 0 Å². The van der Waals surface area contributed by atoms with Crippen molar-refractivity contribution < 1.29 is 4.21 Å². The molecular weight excluding hydrogens is 258 g/mol. The van der Waals surface area contributed by atoms with Crippen molar-refractivity contribution in [3.63, 3.8) is 0 Å². The first-order valence-corrected chi connectivity index (χ1v) is 7.01. The van der Waals surface area contributed by atoms with Crippen molar-refractivity contribution in [3.05, 3.63) is 53.3 Å². The Bertz CT molecular complexity index is 677. The molecule has 2 N–H and O–H groups in total. The minimum absolute atomic E-state index is 0.324. The van der Waals surface area contributed by atoms with E-state index < -0.39 is 10.8 Å². The highest BCUT2D eigenvalue weighted by molar-refractivity contribution is 7.84. The lowest BCUT2D eigenvalue weighted by atomic mass is 10.2. The molecule has 0 aliphatic carbocycles. The van der Waals surface area contributed by atoms with Gasteiger partial charge in [0.15, 0.2) is 0 Å². The van der Waals surface area contributed by atoms with E-state index in [9.17, 15) is 4.21 Å². The van der Waals surface area contributed by atoms with Crippen molar-refractivity contribution in [1.82, 2.24) is 4.98 Å². The maximum atomic E-state index is 12.3. The number of nitrogen functional groups attached to an aromatic ring is 1. The Morgan fingerprint density at radius 2 is 2.16 bits per heavy atom. The number of hydrogen-bond donors (Lipinski definition) is 1. The second kappa shape index (κ2) is 5.63. The average Bonchev–Trinajstić information content (AvgIpc) is 2.38. The molecular formula is C14H13N3OS. The minimum Gasteiger partial charge on any atom is -0.398 e. The van der Waals surface area contributed by atoms with Gasteiger partial charge in [-0.1, -0.05) is 6.07 Å². The zero-order valence-electron chi connectivity index (χ0n) is 10.5. The van der Waals surface area contributed by atoms with E-state index in [1.165, 1.54) is 0 Å². The lowest BCUT2D eigenvalue weighted by Crippen LogP contribution is -2.01. The molecule has 0 aliphatic heterocycles. The van der Waals surface area contributed by atoms with Crippen molar-refractivity contribution in [2.45, 2.75) is 17.6 Å². The van der Waals surface area contributed by atoms with Gasteiger partial charge in [0.05, 0.1) is 21.4 Å². The number of benzene rings is 1. The highest BCUT2D eigenvalue weighted by Gasteiger charge is 2.09. The Labute approximate surface area is 114 Å². The summed E-state index contributed by atoms with van der Waals surface area (Å²) in [5.41, 5.74) is 8.58. The number of nitriles is 1. The predicted molar refractivity (Wildman–Crippen MR) is 74.7 cm³/mol. The number of aryl methyl sites for hydroxylation is 1. The van der Waals surface area contributed by atoms with E-state index in [1.807, 2.05) is 19.1 Å². The van der Waals surface area contributed by atoms with Gasteiger partial charge in [-0.15, -0.1) is 0 Å². The first-order chi connectivity index (χ1) is 9.10. The van der Waals surface area contributed by atoms with Gasteiger partial charge in [0.1, 0.15) is 11.8 Å². The summed E-state index contributed by atoms with van der Waals surface area (Å²) in [6.07, 6.45) is 1.55. The molecule has 19 heavy (non-hydrogen) atoms. The molecule has 2 rings (SSSR count). The maximum absolute atomic E-state index is 12.3. The molecule has 0 bridgehead atoms. The number of hydrogen-bond acceptors (Lipinski definition) is 4. The van der Waals surface area contributed by atoms with Gasteiger partial charge in [0, 0.05) is 11.9 Å². The summed E-state index contributed by atoms with van der Waals surface area (Å²) in [7, 11) is -1.23. The summed E-state index contributed by atoms with van der Waals surface area (Å²) >= 11 is 0. The van der Waals surface area contributed by atoms with Gasteiger partial charge in [-0.3, -0.25) is 4.21 Å². The summed E-state index contributed by atoms with van der Waals surface area (Å²) in [4.78, 5) is 4.51. The summed E-state index contributed by atoms with van der Waals surface area (Å²) in [5, 5.41) is 8.78. The van der Waals surface area contributed by atoms with Gasteiger partial charge in [0.2, 0.25) is 0 Å². The Morgan fingerprint density at radius 1 is 1.37 bits per heavy atom. The van der Waals surface area contributed by atoms with Crippen LogP contribution in [0.4, 0.5) is 5.69 Å². The quantitative estimate of drug-likeness (QED) is 0.867. The third-order valence-corrected chi connectivity index (χ3v) is 4.11. The number of aromatic nitrogens is 1. The normalized spacial score (nSPS) is 11.8. The van der Waals surface area contributed by atoms with Crippen LogP contribution in [0.1, 0.15) is 16.8 Å². The highest BCUT2D eigenvalue weighted by atomic mass is 32.2. The Balaban J connectivity index is 2.23. The van der Waals surface area contributed by atoms with Crippen LogP contribution in [0.2, 0.25) is 0 Å². The van der Waals surface area contributed by atoms with Crippen LogP contribution >= 0.6 is 0 Å². The fourth-order valence-corrected chi connectivity index (χ4v) is 2.91. The summed E-state index contributed by atoms with van der Waals surface area (Å²) < 4.78 is 12.3. The second-order valence-electron chi connectivity index (χ2n) is 4.19. The van der Waals surface area contributed by atoms with Gasteiger partial charge in [-0.05, 0) is 42.3 Å². The smallest absolute Gasteiger partial charge is 0.140 e. The molecule has 1 atom stereocenters. The molecule has 1 unspecified atom stereocenters. The third kappa shape index (κ3) is 3.18. The molecule has 0 fully saturated rings. The molecule has 0 radical (unpaired) electrons. The van der Waals surface area contributed by atoms with Crippen molar-refractivity contribution >= 4 is 16.5 Å². The topological polar surface area (TPSA) is 79.8 Å². The van der Waals surface area contributed by atoms with Crippen molar-refractivity contribution in [2.75, 3.05) is 5.73 Å². The predicted octanol–water partition coefficient (Wildman–Crippen LogP) is 2.15. The number of nitrogens with zero attached hydrogens (tertiary/aromatic N) is 2. The van der Waals surface area contributed by atoms with Gasteiger partial charge >= 0.3 is 0 Å². The maximum Gasteiger partial charge on any atom is 0.140 e. The van der Waals surface area contributed by atoms with Crippen LogP contribution in [0.15, 0.2) is 41.4 Å². The molecule has 1 aromatic carbocycles. The first kappa shape index (κ1) is 13.2. The number of rotatable bonds is 3. The molecule has 0 amide bonds. The molecule has 1 heterocycles. The lowest BCUT2D eigenvalue weighted by molar-refractivity contribution is 0.683. The monoisotopic (exact) mass is 271 g/mol. The second-order valence-corrected chi connectivity index (χ2v) is 5.61. The SMILES string of the molecule is Cc1ccc(S(=O)Cc2ccnc(C#N)c2)c(N)c1. The molecule has 0 saturated heterocycles. The summed E-state index contributed by atoms with van der Waals surface area (Å²) in [6.45, 7) is 1.94. The van der Waals surface area contributed by atoms with Crippen LogP contribution in [0.25, 0.3) is 0 Å². The van der Waals surface area contributed by atoms with Gasteiger partial charge in [0.25, 0.3) is 0 Å². The highest BCUT2D eigenvalue weighted by Crippen LogP contribution is 2.20. The largest absolute Gasteiger partial charge is 0.398 e. The van der Waals surface area contributed by atoms with Crippen LogP contribution in [-0.4, -0.2) is 9.19 Å². The minimum atomic E-state index is -1.23. The van der Waals surface area contributed by atoms with Gasteiger partial charge < -0.3 is 5.73 Å². The third-order valence-electron chi connectivity index (χ3n) is 2.65. The molecule has 2 aromatic rings. The Kier molecular flexibility index (Phi) is 3.93. The van der Waals surface area contributed by atoms with Crippen molar-refractivity contribution in [1.29, 1.82) is 5.26 Å². The van der Waals surface area contributed by atoms with Crippen LogP contribution < -0.4 is 5.73 Å². The zero-order chi connectivity index (χ0) is 13.8. The van der Waals surface area contributed by atoms with E-state index in [0.29, 0.717) is 22.0 Å². The standard InChI is InChI=1S/C14H13N3OS/c1-10-2-3-14(13(16)6-10)19(18)9-11-4-5-17-12(7-11)8-15/h2-7H,9,16H2,1H3. The Hall–Kier alpha value is -2.19. The van der Waals surface area contributed by atoms with E-state index in [-0.39, 0.29) is 0 Å². The summed E-state index contributed by atoms with van der Waals surface area (Å²) in [5.74, 6) is 0.324. The Morgan fingerprint density at radius 3 is 2.84 bits per heavy atom. The summed E-state index contributed by atoms with van der Waals surface area (Å²) in [6, 6.07) is 10.8. The fraction of sp³-hybridized carbons (Fsp3) is 0.143. The molecule has 0 saturated carbocycles. The first-order valence-electron chi connectivity index (χ1n) is 5.69. The van der Waals surface area contributed by atoms with Crippen molar-refractivity contribution in [3.8, 4) is 6.07 Å². The van der Waals surface area contributed by atoms with E-state index in [1.54, 1.807) is 30.5 Å². The molecule has 0 spiro atoms. The number of anilines is 1. The van der Waals surface area contributed by atoms with Gasteiger partial charge in [-0.2, -0.15) is 5.26 Å².